The molecule has 0 fully saturated rings. The third-order valence-electron chi connectivity index (χ3n) is 2.57. The third-order valence-corrected chi connectivity index (χ3v) is 2.57. The lowest BCUT2D eigenvalue weighted by molar-refractivity contribution is -0.138. The quantitative estimate of drug-likeness (QED) is 0.670. The van der Waals surface area contributed by atoms with Crippen LogP contribution in [-0.4, -0.2) is 33.8 Å². The number of carboxylic acid groups (broad SMARTS) is 1. The molecular weight excluding hydrogens is 252 g/mol. The van der Waals surface area contributed by atoms with E-state index in [1.165, 1.54) is 0 Å². The maximum absolute atomic E-state index is 11.5. The van der Waals surface area contributed by atoms with Crippen molar-refractivity contribution < 1.29 is 19.2 Å². The highest BCUT2D eigenvalue weighted by atomic mass is 16.5. The van der Waals surface area contributed by atoms with Gasteiger partial charge in [-0.2, -0.15) is 4.98 Å². The summed E-state index contributed by atoms with van der Waals surface area (Å²) in [6.07, 6.45) is 0.734. The second-order valence-corrected chi connectivity index (χ2v) is 4.17. The van der Waals surface area contributed by atoms with Crippen LogP contribution in [0.3, 0.4) is 0 Å². The van der Waals surface area contributed by atoms with E-state index in [1.54, 1.807) is 6.92 Å². The number of urea groups is 1. The number of rotatable bonds is 7. The Hall–Kier alpha value is -2.12. The molecule has 0 spiro atoms. The van der Waals surface area contributed by atoms with Gasteiger partial charge < -0.3 is 20.3 Å². The van der Waals surface area contributed by atoms with Gasteiger partial charge in [-0.15, -0.1) is 0 Å². The van der Waals surface area contributed by atoms with Crippen LogP contribution in [0.1, 0.15) is 31.5 Å². The van der Waals surface area contributed by atoms with Crippen LogP contribution >= 0.6 is 0 Å². The van der Waals surface area contributed by atoms with E-state index in [0.717, 1.165) is 0 Å². The number of nitrogens with zero attached hydrogens (tertiary/aromatic N) is 2. The zero-order valence-corrected chi connectivity index (χ0v) is 11.0. The van der Waals surface area contributed by atoms with Gasteiger partial charge in [0.15, 0.2) is 5.82 Å². The molecule has 3 N–H and O–H groups in total. The van der Waals surface area contributed by atoms with Crippen molar-refractivity contribution in [2.24, 2.45) is 5.92 Å². The molecule has 2 amide bonds. The normalized spacial score (nSPS) is 11.9. The number of aromatic nitrogens is 2. The van der Waals surface area contributed by atoms with Crippen molar-refractivity contribution in [3.05, 3.63) is 11.7 Å². The van der Waals surface area contributed by atoms with Gasteiger partial charge in [-0.1, -0.05) is 18.5 Å². The van der Waals surface area contributed by atoms with Crippen LogP contribution in [-0.2, 0) is 11.3 Å². The number of carbonyl (C=O) groups excluding carboxylic acids is 1. The fourth-order valence-corrected chi connectivity index (χ4v) is 1.48. The molecule has 106 valence electrons. The maximum atomic E-state index is 11.5. The summed E-state index contributed by atoms with van der Waals surface area (Å²) in [5.74, 6) is -0.109. The van der Waals surface area contributed by atoms with E-state index in [9.17, 15) is 9.59 Å². The Balaban J connectivity index is 2.25. The van der Waals surface area contributed by atoms with Gasteiger partial charge in [0, 0.05) is 19.9 Å². The Morgan fingerprint density at radius 3 is 2.68 bits per heavy atom. The van der Waals surface area contributed by atoms with Crippen molar-refractivity contribution >= 4 is 12.0 Å². The van der Waals surface area contributed by atoms with Crippen LogP contribution < -0.4 is 10.6 Å². The van der Waals surface area contributed by atoms with Crippen molar-refractivity contribution in [1.29, 1.82) is 0 Å². The zero-order chi connectivity index (χ0) is 14.3. The number of hydrogen-bond acceptors (Lipinski definition) is 5. The fraction of sp³-hybridized carbons (Fsp3) is 0.636. The van der Waals surface area contributed by atoms with Crippen LogP contribution in [0.5, 0.6) is 0 Å². The number of hydrogen-bond donors (Lipinski definition) is 3. The average Bonchev–Trinajstić information content (AvgIpc) is 2.77. The SMILES string of the molecule is CCC(CNC(=O)NCc1noc(C)n1)CC(=O)O. The van der Waals surface area contributed by atoms with E-state index in [0.29, 0.717) is 24.7 Å². The highest BCUT2D eigenvalue weighted by Gasteiger charge is 2.12. The van der Waals surface area contributed by atoms with Crippen LogP contribution in [0.2, 0.25) is 0 Å². The highest BCUT2D eigenvalue weighted by Crippen LogP contribution is 2.06. The van der Waals surface area contributed by atoms with Crippen molar-refractivity contribution in [1.82, 2.24) is 20.8 Å². The molecule has 1 heterocycles. The summed E-state index contributed by atoms with van der Waals surface area (Å²) < 4.78 is 4.76. The standard InChI is InChI=1S/C11H18N4O4/c1-3-8(4-10(16)17)5-12-11(18)13-6-9-14-7(2)19-15-9/h8H,3-6H2,1-2H3,(H,16,17)(H2,12,13,18). The van der Waals surface area contributed by atoms with Crippen molar-refractivity contribution in [3.8, 4) is 0 Å². The van der Waals surface area contributed by atoms with Crippen molar-refractivity contribution in [2.45, 2.75) is 33.2 Å². The Labute approximate surface area is 110 Å². The molecule has 1 aromatic rings. The van der Waals surface area contributed by atoms with Crippen LogP contribution in [0.25, 0.3) is 0 Å². The van der Waals surface area contributed by atoms with Gasteiger partial charge in [0.25, 0.3) is 0 Å². The largest absolute Gasteiger partial charge is 0.481 e. The Morgan fingerprint density at radius 2 is 2.16 bits per heavy atom. The number of carbonyl (C=O) groups is 2. The molecule has 0 aromatic carbocycles. The molecule has 8 heteroatoms. The number of aliphatic carboxylic acids is 1. The Morgan fingerprint density at radius 1 is 1.42 bits per heavy atom. The highest BCUT2D eigenvalue weighted by molar-refractivity contribution is 5.73. The minimum absolute atomic E-state index is 0.0425. The molecule has 8 nitrogen and oxygen atoms in total. The summed E-state index contributed by atoms with van der Waals surface area (Å²) >= 11 is 0. The monoisotopic (exact) mass is 270 g/mol. The van der Waals surface area contributed by atoms with Gasteiger partial charge in [-0.25, -0.2) is 4.79 Å². The van der Waals surface area contributed by atoms with Gasteiger partial charge >= 0.3 is 12.0 Å². The topological polar surface area (TPSA) is 117 Å². The van der Waals surface area contributed by atoms with E-state index >= 15 is 0 Å². The van der Waals surface area contributed by atoms with E-state index < -0.39 is 5.97 Å². The summed E-state index contributed by atoms with van der Waals surface area (Å²) in [7, 11) is 0. The molecule has 1 unspecified atom stereocenters. The molecule has 1 atom stereocenters. The van der Waals surface area contributed by atoms with Crippen LogP contribution in [0, 0.1) is 12.8 Å². The summed E-state index contributed by atoms with van der Waals surface area (Å²) in [6.45, 7) is 4.03. The third kappa shape index (κ3) is 5.84. The first kappa shape index (κ1) is 14.9. The van der Waals surface area contributed by atoms with Crippen LogP contribution in [0.4, 0.5) is 4.79 Å². The van der Waals surface area contributed by atoms with Gasteiger partial charge in [0.05, 0.1) is 6.54 Å². The Kier molecular flexibility index (Phi) is 5.77. The molecule has 0 bridgehead atoms. The lowest BCUT2D eigenvalue weighted by atomic mass is 10.0. The molecule has 19 heavy (non-hydrogen) atoms. The first-order chi connectivity index (χ1) is 9.01. The predicted octanol–water partition coefficient (Wildman–Crippen LogP) is 0.678. The lowest BCUT2D eigenvalue weighted by Crippen LogP contribution is -2.38. The fourth-order valence-electron chi connectivity index (χ4n) is 1.48. The second kappa shape index (κ2) is 7.34. The lowest BCUT2D eigenvalue weighted by Gasteiger charge is -2.13. The molecule has 1 rings (SSSR count). The summed E-state index contributed by atoms with van der Waals surface area (Å²) in [5, 5.41) is 17.5. The molecular formula is C11H18N4O4. The smallest absolute Gasteiger partial charge is 0.315 e. The molecule has 0 aliphatic heterocycles. The van der Waals surface area contributed by atoms with Crippen molar-refractivity contribution in [3.63, 3.8) is 0 Å². The molecule has 0 saturated carbocycles. The number of nitrogens with one attached hydrogen (secondary N) is 2. The van der Waals surface area contributed by atoms with E-state index in [-0.39, 0.29) is 24.9 Å². The van der Waals surface area contributed by atoms with Crippen molar-refractivity contribution in [2.75, 3.05) is 6.54 Å². The first-order valence-corrected chi connectivity index (χ1v) is 6.04. The molecule has 1 aromatic heterocycles. The number of amides is 2. The first-order valence-electron chi connectivity index (χ1n) is 6.04. The van der Waals surface area contributed by atoms with E-state index in [1.807, 2.05) is 6.92 Å². The molecule has 0 saturated heterocycles. The molecule has 0 radical (unpaired) electrons. The second-order valence-electron chi connectivity index (χ2n) is 4.17. The molecule has 0 aliphatic carbocycles. The minimum Gasteiger partial charge on any atom is -0.481 e. The Bertz CT molecular complexity index is 432. The summed E-state index contributed by atoms with van der Waals surface area (Å²) in [5.41, 5.74) is 0. The maximum Gasteiger partial charge on any atom is 0.315 e. The zero-order valence-electron chi connectivity index (χ0n) is 11.0. The number of aryl methyl sites for hydroxylation is 1. The molecule has 0 aliphatic rings. The van der Waals surface area contributed by atoms with E-state index in [2.05, 4.69) is 20.8 Å². The summed E-state index contributed by atoms with van der Waals surface area (Å²) in [6, 6.07) is -0.383. The average molecular weight is 270 g/mol. The predicted molar refractivity (Wildman–Crippen MR) is 65.3 cm³/mol. The van der Waals surface area contributed by atoms with E-state index in [4.69, 9.17) is 9.63 Å². The summed E-state index contributed by atoms with van der Waals surface area (Å²) in [4.78, 5) is 26.0. The van der Waals surface area contributed by atoms with Crippen LogP contribution in [0.15, 0.2) is 4.52 Å². The van der Waals surface area contributed by atoms with Gasteiger partial charge in [0.1, 0.15) is 0 Å². The minimum atomic E-state index is -0.865. The van der Waals surface area contributed by atoms with Gasteiger partial charge in [-0.3, -0.25) is 4.79 Å². The van der Waals surface area contributed by atoms with Gasteiger partial charge in [-0.05, 0) is 5.92 Å². The number of carboxylic acids is 1. The van der Waals surface area contributed by atoms with Gasteiger partial charge in [0.2, 0.25) is 5.89 Å².